The predicted octanol–water partition coefficient (Wildman–Crippen LogP) is 7.24. The molecule has 0 fully saturated rings. The van der Waals surface area contributed by atoms with Crippen LogP contribution in [0.4, 0.5) is 4.79 Å². The molecule has 5 nitrogen and oxygen atoms in total. The normalized spacial score (nSPS) is 13.9. The van der Waals surface area contributed by atoms with Crippen LogP contribution in [-0.2, 0) is 19.5 Å². The average molecular weight is 584 g/mol. The minimum atomic E-state index is -0.132. The quantitative estimate of drug-likeness (QED) is 0.252. The Morgan fingerprint density at radius 1 is 1.17 bits per heavy atom. The molecule has 0 spiro atoms. The van der Waals surface area contributed by atoms with Crippen molar-refractivity contribution in [1.82, 2.24) is 19.8 Å². The van der Waals surface area contributed by atoms with Crippen LogP contribution in [0.25, 0.3) is 17.0 Å². The number of carbonyl (C=O) groups is 1. The minimum Gasteiger partial charge on any atom is -0.333 e. The van der Waals surface area contributed by atoms with Gasteiger partial charge in [0, 0.05) is 59.4 Å². The molecule has 0 saturated carbocycles. The van der Waals surface area contributed by atoms with E-state index in [1.54, 1.807) is 12.3 Å². The van der Waals surface area contributed by atoms with Crippen LogP contribution in [-0.4, -0.2) is 33.6 Å². The predicted molar refractivity (Wildman–Crippen MR) is 151 cm³/mol. The number of aryl methyl sites for hydroxylation is 1. The van der Waals surface area contributed by atoms with Crippen LogP contribution in [0.2, 0.25) is 10.2 Å². The van der Waals surface area contributed by atoms with Gasteiger partial charge in [-0.15, -0.1) is 0 Å². The maximum atomic E-state index is 13.4. The molecule has 36 heavy (non-hydrogen) atoms. The van der Waals surface area contributed by atoms with Crippen LogP contribution in [0, 0.1) is 6.92 Å². The van der Waals surface area contributed by atoms with Crippen molar-refractivity contribution in [3.8, 4) is 0 Å². The van der Waals surface area contributed by atoms with Gasteiger partial charge >= 0.3 is 6.03 Å². The monoisotopic (exact) mass is 582 g/mol. The van der Waals surface area contributed by atoms with E-state index in [-0.39, 0.29) is 6.03 Å². The van der Waals surface area contributed by atoms with Crippen molar-refractivity contribution >= 4 is 62.1 Å². The fourth-order valence-electron chi connectivity index (χ4n) is 4.64. The summed E-state index contributed by atoms with van der Waals surface area (Å²) in [5.41, 5.74) is 6.34. The van der Waals surface area contributed by atoms with E-state index in [2.05, 4.69) is 55.4 Å². The molecule has 1 aliphatic rings. The van der Waals surface area contributed by atoms with Crippen molar-refractivity contribution in [3.05, 3.63) is 103 Å². The van der Waals surface area contributed by atoms with E-state index in [9.17, 15) is 4.79 Å². The molecule has 1 N–H and O–H groups in total. The SMILES string of the molecule is Cc1cc2c(cc1Br)c1c(n2C(=O)NCc2ccnc(Cl)c2)CCN(CC=Cc2ccc(Cl)cc2)C1. The zero-order valence-electron chi connectivity index (χ0n) is 19.8. The van der Waals surface area contributed by atoms with Crippen LogP contribution in [0.1, 0.15) is 27.9 Å². The zero-order chi connectivity index (χ0) is 25.2. The number of nitrogens with zero attached hydrogens (tertiary/aromatic N) is 3. The van der Waals surface area contributed by atoms with Crippen LogP contribution < -0.4 is 5.32 Å². The molecule has 2 aromatic heterocycles. The maximum absolute atomic E-state index is 13.4. The fourth-order valence-corrected chi connectivity index (χ4v) is 5.31. The van der Waals surface area contributed by atoms with Crippen LogP contribution in [0.15, 0.2) is 65.3 Å². The first kappa shape index (κ1) is 25.0. The molecule has 4 aromatic rings. The third-order valence-electron chi connectivity index (χ3n) is 6.49. The van der Waals surface area contributed by atoms with E-state index < -0.39 is 0 Å². The van der Waals surface area contributed by atoms with Gasteiger partial charge < -0.3 is 5.32 Å². The number of benzene rings is 2. The Morgan fingerprint density at radius 3 is 2.75 bits per heavy atom. The summed E-state index contributed by atoms with van der Waals surface area (Å²) in [4.78, 5) is 19.9. The third kappa shape index (κ3) is 5.37. The number of aromatic nitrogens is 2. The molecule has 2 aromatic carbocycles. The second kappa shape index (κ2) is 10.8. The molecule has 8 heteroatoms. The highest BCUT2D eigenvalue weighted by Crippen LogP contribution is 2.34. The first-order chi connectivity index (χ1) is 17.4. The zero-order valence-corrected chi connectivity index (χ0v) is 22.9. The molecule has 184 valence electrons. The Bertz CT molecular complexity index is 1460. The van der Waals surface area contributed by atoms with Gasteiger partial charge in [0.1, 0.15) is 5.15 Å². The summed E-state index contributed by atoms with van der Waals surface area (Å²) in [5.74, 6) is 0. The number of amides is 1. The Labute approximate surface area is 228 Å². The summed E-state index contributed by atoms with van der Waals surface area (Å²) < 4.78 is 2.90. The van der Waals surface area contributed by atoms with Gasteiger partial charge in [-0.2, -0.15) is 0 Å². The number of halogens is 3. The summed E-state index contributed by atoms with van der Waals surface area (Å²) in [6, 6.07) is 15.5. The highest BCUT2D eigenvalue weighted by molar-refractivity contribution is 9.10. The minimum absolute atomic E-state index is 0.132. The van der Waals surface area contributed by atoms with Crippen LogP contribution >= 0.6 is 39.1 Å². The molecule has 0 saturated heterocycles. The Hall–Kier alpha value is -2.64. The van der Waals surface area contributed by atoms with E-state index in [1.807, 2.05) is 41.8 Å². The molecule has 1 aliphatic heterocycles. The van der Waals surface area contributed by atoms with E-state index in [4.69, 9.17) is 23.2 Å². The lowest BCUT2D eigenvalue weighted by Crippen LogP contribution is -2.34. The van der Waals surface area contributed by atoms with E-state index in [0.717, 1.165) is 68.8 Å². The molecule has 0 radical (unpaired) electrons. The lowest BCUT2D eigenvalue weighted by Gasteiger charge is -2.27. The first-order valence-corrected chi connectivity index (χ1v) is 13.3. The lowest BCUT2D eigenvalue weighted by atomic mass is 10.0. The molecule has 1 amide bonds. The van der Waals surface area contributed by atoms with Crippen molar-refractivity contribution in [2.24, 2.45) is 0 Å². The number of hydrogen-bond donors (Lipinski definition) is 1. The largest absolute Gasteiger partial charge is 0.333 e. The van der Waals surface area contributed by atoms with Crippen molar-refractivity contribution in [1.29, 1.82) is 0 Å². The number of rotatable bonds is 5. The summed E-state index contributed by atoms with van der Waals surface area (Å²) >= 11 is 15.7. The topological polar surface area (TPSA) is 50.2 Å². The number of pyridine rings is 1. The van der Waals surface area contributed by atoms with Gasteiger partial charge in [-0.25, -0.2) is 9.78 Å². The first-order valence-electron chi connectivity index (χ1n) is 11.7. The van der Waals surface area contributed by atoms with Gasteiger partial charge in [0.25, 0.3) is 0 Å². The van der Waals surface area contributed by atoms with Gasteiger partial charge in [0.05, 0.1) is 5.52 Å². The second-order valence-corrected chi connectivity index (χ2v) is 10.6. The van der Waals surface area contributed by atoms with Gasteiger partial charge in [0.2, 0.25) is 0 Å². The fraction of sp³-hybridized carbons (Fsp3) is 0.214. The standard InChI is InChI=1S/C28H25BrCl2N4O/c1-18-13-26-22(15-24(18)29)23-17-34(11-2-3-19-4-6-21(30)7-5-19)12-9-25(23)35(26)28(36)33-16-20-8-10-32-27(31)14-20/h2-8,10,13-15H,9,11-12,16-17H2,1H3,(H,33,36). The number of nitrogens with one attached hydrogen (secondary N) is 1. The van der Waals surface area contributed by atoms with Gasteiger partial charge in [-0.1, -0.05) is 63.4 Å². The summed E-state index contributed by atoms with van der Waals surface area (Å²) in [5, 5.41) is 5.32. The van der Waals surface area contributed by atoms with Gasteiger partial charge in [-0.3, -0.25) is 9.47 Å². The molecular formula is C28H25BrCl2N4O. The number of hydrogen-bond acceptors (Lipinski definition) is 3. The van der Waals surface area contributed by atoms with Crippen molar-refractivity contribution in [3.63, 3.8) is 0 Å². The van der Waals surface area contributed by atoms with Crippen LogP contribution in [0.5, 0.6) is 0 Å². The summed E-state index contributed by atoms with van der Waals surface area (Å²) in [6.07, 6.45) is 6.74. The second-order valence-electron chi connectivity index (χ2n) is 8.96. The summed E-state index contributed by atoms with van der Waals surface area (Å²) in [7, 11) is 0. The Balaban J connectivity index is 1.40. The van der Waals surface area contributed by atoms with Crippen molar-refractivity contribution in [2.45, 2.75) is 26.4 Å². The highest BCUT2D eigenvalue weighted by Gasteiger charge is 2.26. The molecule has 0 atom stereocenters. The van der Waals surface area contributed by atoms with Crippen molar-refractivity contribution in [2.75, 3.05) is 13.1 Å². The summed E-state index contributed by atoms with van der Waals surface area (Å²) in [6.45, 7) is 4.92. The Kier molecular flexibility index (Phi) is 7.49. The molecular weight excluding hydrogens is 559 g/mol. The van der Waals surface area contributed by atoms with E-state index >= 15 is 0 Å². The third-order valence-corrected chi connectivity index (χ3v) is 7.80. The molecule has 5 rings (SSSR count). The molecule has 0 bridgehead atoms. The maximum Gasteiger partial charge on any atom is 0.326 e. The molecule has 3 heterocycles. The van der Waals surface area contributed by atoms with Gasteiger partial charge in [0.15, 0.2) is 0 Å². The molecule has 0 aliphatic carbocycles. The van der Waals surface area contributed by atoms with Crippen LogP contribution in [0.3, 0.4) is 0 Å². The average Bonchev–Trinajstić information content (AvgIpc) is 3.16. The lowest BCUT2D eigenvalue weighted by molar-refractivity contribution is 0.240. The number of fused-ring (bicyclic) bond motifs is 3. The van der Waals surface area contributed by atoms with Gasteiger partial charge in [-0.05, 0) is 65.6 Å². The van der Waals surface area contributed by atoms with Crippen molar-refractivity contribution < 1.29 is 4.79 Å². The van der Waals surface area contributed by atoms with E-state index in [0.29, 0.717) is 11.7 Å². The highest BCUT2D eigenvalue weighted by atomic mass is 79.9. The number of carbonyl (C=O) groups excluding carboxylic acids is 1. The Morgan fingerprint density at radius 2 is 1.97 bits per heavy atom. The van der Waals surface area contributed by atoms with E-state index in [1.165, 1.54) is 5.56 Å². The smallest absolute Gasteiger partial charge is 0.326 e. The molecule has 0 unspecified atom stereocenters.